The molecular formula is C55H88O12S. The lowest BCUT2D eigenvalue weighted by Crippen LogP contribution is -2.60. The lowest BCUT2D eigenvalue weighted by molar-refractivity contribution is -0.301. The van der Waals surface area contributed by atoms with Gasteiger partial charge in [0.2, 0.25) is 0 Å². The van der Waals surface area contributed by atoms with Crippen LogP contribution in [0.5, 0.6) is 0 Å². The third kappa shape index (κ3) is 37.4. The molecule has 68 heavy (non-hydrogen) atoms. The number of carbonyl (C=O) groups excluding carboxylic acids is 1. The first-order valence-electron chi connectivity index (χ1n) is 25.3. The van der Waals surface area contributed by atoms with Gasteiger partial charge < -0.3 is 34.3 Å². The molecule has 0 aromatic rings. The van der Waals surface area contributed by atoms with E-state index in [-0.39, 0.29) is 19.6 Å². The second-order valence-corrected chi connectivity index (χ2v) is 17.7. The maximum atomic E-state index is 12.9. The molecule has 386 valence electrons. The fourth-order valence-electron chi connectivity index (χ4n) is 6.84. The molecule has 6 atom stereocenters. The molecule has 1 heterocycles. The number of hydrogen-bond donors (Lipinski definition) is 4. The van der Waals surface area contributed by atoms with E-state index in [1.807, 2.05) is 0 Å². The Hall–Kier alpha value is -3.50. The van der Waals surface area contributed by atoms with Crippen molar-refractivity contribution in [3.05, 3.63) is 122 Å². The van der Waals surface area contributed by atoms with E-state index in [9.17, 15) is 33.1 Å². The van der Waals surface area contributed by atoms with Crippen LogP contribution in [-0.4, -0.2) is 97.5 Å². The third-order valence-electron chi connectivity index (χ3n) is 10.6. The van der Waals surface area contributed by atoms with Gasteiger partial charge in [0.15, 0.2) is 6.29 Å². The first kappa shape index (κ1) is 62.5. The Bertz CT molecular complexity index is 1640. The van der Waals surface area contributed by atoms with Gasteiger partial charge in [-0.2, -0.15) is 8.42 Å². The van der Waals surface area contributed by atoms with E-state index in [4.69, 9.17) is 18.9 Å². The monoisotopic (exact) mass is 973 g/mol. The van der Waals surface area contributed by atoms with Gasteiger partial charge in [0.1, 0.15) is 30.5 Å². The number of hydrogen-bond acceptors (Lipinski definition) is 11. The molecule has 0 aromatic carbocycles. The summed E-state index contributed by atoms with van der Waals surface area (Å²) in [5, 5.41) is 30.7. The van der Waals surface area contributed by atoms with Crippen LogP contribution in [0, 0.1) is 0 Å². The molecule has 1 aliphatic rings. The maximum absolute atomic E-state index is 12.9. The van der Waals surface area contributed by atoms with Crippen molar-refractivity contribution in [2.75, 3.05) is 26.4 Å². The second-order valence-electron chi connectivity index (χ2n) is 16.6. The second kappa shape index (κ2) is 44.7. The molecule has 13 heteroatoms. The van der Waals surface area contributed by atoms with Gasteiger partial charge in [-0.25, -0.2) is 4.18 Å². The minimum absolute atomic E-state index is 0.000805. The minimum Gasteiger partial charge on any atom is -0.457 e. The fourth-order valence-corrected chi connectivity index (χ4v) is 7.35. The number of aliphatic hydroxyl groups excluding tert-OH is 3. The molecule has 6 unspecified atom stereocenters. The summed E-state index contributed by atoms with van der Waals surface area (Å²) in [5.74, 6) is -0.431. The molecular weight excluding hydrogens is 885 g/mol. The minimum atomic E-state index is -5.08. The molecule has 1 aliphatic heterocycles. The van der Waals surface area contributed by atoms with Gasteiger partial charge >= 0.3 is 16.4 Å². The quantitative estimate of drug-likeness (QED) is 0.0197. The number of unbranched alkanes of at least 4 members (excludes halogenated alkanes) is 9. The van der Waals surface area contributed by atoms with Crippen LogP contribution in [-0.2, 0) is 38.3 Å². The average Bonchev–Trinajstić information content (AvgIpc) is 3.31. The van der Waals surface area contributed by atoms with E-state index >= 15 is 0 Å². The maximum Gasteiger partial charge on any atom is 0.397 e. The zero-order valence-corrected chi connectivity index (χ0v) is 42.2. The Balaban J connectivity index is 2.40. The molecule has 1 fully saturated rings. The summed E-state index contributed by atoms with van der Waals surface area (Å²) in [6.45, 7) is 3.64. The summed E-state index contributed by atoms with van der Waals surface area (Å²) < 4.78 is 59.2. The largest absolute Gasteiger partial charge is 0.457 e. The molecule has 0 saturated carbocycles. The highest BCUT2D eigenvalue weighted by Crippen LogP contribution is 2.26. The molecule has 0 aliphatic carbocycles. The SMILES string of the molecule is CC/C=C\C/C=C\C/C=C\C/C=C\C/C=C\C/C=C\CCCCCCCCC(=O)OC(COCCCCC/C=C\C/C=C\C/C=C\C/C=C\CC)COC1OC(CO)C(O)C(OS(=O)(=O)O)C1O. The van der Waals surface area contributed by atoms with Crippen LogP contribution in [0.4, 0.5) is 0 Å². The number of allylic oxidation sites excluding steroid dienone is 20. The summed E-state index contributed by atoms with van der Waals surface area (Å²) in [6, 6.07) is 0. The summed E-state index contributed by atoms with van der Waals surface area (Å²) in [4.78, 5) is 12.9. The van der Waals surface area contributed by atoms with Gasteiger partial charge in [0, 0.05) is 13.0 Å². The van der Waals surface area contributed by atoms with Gasteiger partial charge in [-0.15, -0.1) is 0 Å². The van der Waals surface area contributed by atoms with Crippen molar-refractivity contribution in [2.24, 2.45) is 0 Å². The number of esters is 1. The van der Waals surface area contributed by atoms with E-state index in [0.29, 0.717) is 13.0 Å². The molecule has 0 bridgehead atoms. The Morgan fingerprint density at radius 2 is 0.971 bits per heavy atom. The van der Waals surface area contributed by atoms with E-state index < -0.39 is 59.8 Å². The fraction of sp³-hybridized carbons (Fsp3) is 0.618. The Labute approximate surface area is 410 Å². The highest BCUT2D eigenvalue weighted by Gasteiger charge is 2.48. The van der Waals surface area contributed by atoms with Crippen molar-refractivity contribution < 1.29 is 56.2 Å². The van der Waals surface area contributed by atoms with E-state index in [1.165, 1.54) is 0 Å². The highest BCUT2D eigenvalue weighted by atomic mass is 32.3. The number of carbonyl (C=O) groups is 1. The number of aliphatic hydroxyl groups is 3. The van der Waals surface area contributed by atoms with Crippen molar-refractivity contribution in [2.45, 2.75) is 192 Å². The van der Waals surface area contributed by atoms with Crippen LogP contribution in [0.1, 0.15) is 155 Å². The van der Waals surface area contributed by atoms with Crippen molar-refractivity contribution in [1.82, 2.24) is 0 Å². The van der Waals surface area contributed by atoms with Crippen LogP contribution in [0.15, 0.2) is 122 Å². The highest BCUT2D eigenvalue weighted by molar-refractivity contribution is 7.80. The number of rotatable bonds is 42. The average molecular weight is 973 g/mol. The Morgan fingerprint density at radius 1 is 0.559 bits per heavy atom. The first-order valence-corrected chi connectivity index (χ1v) is 26.7. The zero-order chi connectivity index (χ0) is 49.6. The molecule has 1 saturated heterocycles. The summed E-state index contributed by atoms with van der Waals surface area (Å²) in [5.41, 5.74) is 0. The molecule has 4 N–H and O–H groups in total. The van der Waals surface area contributed by atoms with Crippen molar-refractivity contribution in [1.29, 1.82) is 0 Å². The van der Waals surface area contributed by atoms with Crippen molar-refractivity contribution in [3.63, 3.8) is 0 Å². The summed E-state index contributed by atoms with van der Waals surface area (Å²) >= 11 is 0. The van der Waals surface area contributed by atoms with Crippen LogP contribution < -0.4 is 0 Å². The van der Waals surface area contributed by atoms with Crippen LogP contribution in [0.2, 0.25) is 0 Å². The van der Waals surface area contributed by atoms with Gasteiger partial charge in [0.25, 0.3) is 0 Å². The van der Waals surface area contributed by atoms with Crippen molar-refractivity contribution >= 4 is 16.4 Å². The topological polar surface area (TPSA) is 178 Å². The Morgan fingerprint density at radius 3 is 1.41 bits per heavy atom. The van der Waals surface area contributed by atoms with Gasteiger partial charge in [-0.1, -0.05) is 167 Å². The normalized spacial score (nSPS) is 20.4. The smallest absolute Gasteiger partial charge is 0.397 e. The Kier molecular flexibility index (Phi) is 41.1. The predicted molar refractivity (Wildman–Crippen MR) is 275 cm³/mol. The molecule has 12 nitrogen and oxygen atoms in total. The van der Waals surface area contributed by atoms with Gasteiger partial charge in [0.05, 0.1) is 19.8 Å². The van der Waals surface area contributed by atoms with Gasteiger partial charge in [-0.05, 0) is 103 Å². The van der Waals surface area contributed by atoms with E-state index in [2.05, 4.69) is 140 Å². The molecule has 0 spiro atoms. The molecule has 0 radical (unpaired) electrons. The summed E-state index contributed by atoms with van der Waals surface area (Å²) in [6.07, 6.45) is 55.1. The van der Waals surface area contributed by atoms with Crippen LogP contribution >= 0.6 is 0 Å². The zero-order valence-electron chi connectivity index (χ0n) is 41.4. The standard InChI is InChI=1S/C55H88O12S/c1-3-5-7-9-11-13-15-17-19-21-22-23-24-25-26-27-28-29-30-32-34-36-38-40-42-44-51(57)65-49(48-64-55-53(59)54(67-68(60,61)62)52(58)50(46-56)66-55)47-63-45-43-41-39-37-35-33-31-20-18-16-14-12-10-8-6-4-2/h5-8,11-14,17-20,22-23,25-26,28-29,33,35,49-50,52-56,58-59H,3-4,9-10,15-16,21,24,27,30-32,34,36-48H2,1-2H3,(H,60,61,62)/b7-5-,8-6-,13-11-,14-12-,19-17-,20-18-,23-22-,26-25-,29-28-,35-33-. The first-order chi connectivity index (χ1) is 33.1. The van der Waals surface area contributed by atoms with Crippen LogP contribution in [0.3, 0.4) is 0 Å². The van der Waals surface area contributed by atoms with E-state index in [1.54, 1.807) is 0 Å². The third-order valence-corrected chi connectivity index (χ3v) is 11.0. The van der Waals surface area contributed by atoms with Crippen LogP contribution in [0.25, 0.3) is 0 Å². The molecule has 0 amide bonds. The summed E-state index contributed by atoms with van der Waals surface area (Å²) in [7, 11) is -5.08. The lowest BCUT2D eigenvalue weighted by Gasteiger charge is -2.41. The molecule has 0 aromatic heterocycles. The molecule has 1 rings (SSSR count). The van der Waals surface area contributed by atoms with Gasteiger partial charge in [-0.3, -0.25) is 9.35 Å². The number of ether oxygens (including phenoxy) is 4. The lowest BCUT2D eigenvalue weighted by atomic mass is 9.99. The van der Waals surface area contributed by atoms with E-state index in [0.717, 1.165) is 128 Å². The predicted octanol–water partition coefficient (Wildman–Crippen LogP) is 11.7. The van der Waals surface area contributed by atoms with Crippen molar-refractivity contribution in [3.8, 4) is 0 Å².